The molecule has 1 aromatic heterocycles. The topological polar surface area (TPSA) is 54.2 Å². The Bertz CT molecular complexity index is 400. The van der Waals surface area contributed by atoms with Gasteiger partial charge in [0.25, 0.3) is 0 Å². The second-order valence-electron chi connectivity index (χ2n) is 5.80. The summed E-state index contributed by atoms with van der Waals surface area (Å²) in [5, 5.41) is 7.56. The van der Waals surface area contributed by atoms with E-state index in [1.807, 2.05) is 0 Å². The average molecular weight is 264 g/mol. The SMILES string of the molecule is CCN1CCCC(Cc2noc(C3CCCN3)n2)C1. The molecule has 0 amide bonds. The predicted octanol–water partition coefficient (Wildman–Crippen LogP) is 1.77. The second-order valence-corrected chi connectivity index (χ2v) is 5.80. The molecule has 1 N–H and O–H groups in total. The molecule has 2 saturated heterocycles. The van der Waals surface area contributed by atoms with E-state index in [1.54, 1.807) is 0 Å². The minimum atomic E-state index is 0.291. The van der Waals surface area contributed by atoms with Gasteiger partial charge in [0.2, 0.25) is 5.89 Å². The van der Waals surface area contributed by atoms with Gasteiger partial charge in [-0.25, -0.2) is 0 Å². The number of aromatic nitrogens is 2. The van der Waals surface area contributed by atoms with Gasteiger partial charge < -0.3 is 14.7 Å². The van der Waals surface area contributed by atoms with E-state index < -0.39 is 0 Å². The monoisotopic (exact) mass is 264 g/mol. The van der Waals surface area contributed by atoms with Crippen LogP contribution in [0, 0.1) is 5.92 Å². The highest BCUT2D eigenvalue weighted by atomic mass is 16.5. The molecule has 19 heavy (non-hydrogen) atoms. The molecule has 106 valence electrons. The lowest BCUT2D eigenvalue weighted by atomic mass is 9.94. The molecule has 0 saturated carbocycles. The molecule has 2 atom stereocenters. The van der Waals surface area contributed by atoms with Gasteiger partial charge in [0.1, 0.15) is 0 Å². The van der Waals surface area contributed by atoms with E-state index >= 15 is 0 Å². The molecule has 3 rings (SSSR count). The van der Waals surface area contributed by atoms with Crippen LogP contribution in [0.5, 0.6) is 0 Å². The maximum absolute atomic E-state index is 5.41. The number of likely N-dealkylation sites (tertiary alicyclic amines) is 1. The number of nitrogens with zero attached hydrogens (tertiary/aromatic N) is 3. The van der Waals surface area contributed by atoms with E-state index in [9.17, 15) is 0 Å². The van der Waals surface area contributed by atoms with Crippen LogP contribution in [0.15, 0.2) is 4.52 Å². The standard InChI is InChI=1S/C14H24N4O/c1-2-18-8-4-5-11(10-18)9-13-16-14(19-17-13)12-6-3-7-15-12/h11-12,15H,2-10H2,1H3. The molecule has 0 aliphatic carbocycles. The maximum Gasteiger partial charge on any atom is 0.243 e. The first-order chi connectivity index (χ1) is 9.35. The van der Waals surface area contributed by atoms with Crippen molar-refractivity contribution in [3.05, 3.63) is 11.7 Å². The van der Waals surface area contributed by atoms with Crippen molar-refractivity contribution in [1.29, 1.82) is 0 Å². The maximum atomic E-state index is 5.41. The van der Waals surface area contributed by atoms with E-state index in [4.69, 9.17) is 4.52 Å². The smallest absolute Gasteiger partial charge is 0.243 e. The Morgan fingerprint density at radius 3 is 3.11 bits per heavy atom. The van der Waals surface area contributed by atoms with Crippen molar-refractivity contribution >= 4 is 0 Å². The van der Waals surface area contributed by atoms with Crippen molar-refractivity contribution in [2.75, 3.05) is 26.2 Å². The van der Waals surface area contributed by atoms with Gasteiger partial charge in [0.15, 0.2) is 5.82 Å². The van der Waals surface area contributed by atoms with Crippen molar-refractivity contribution in [2.24, 2.45) is 5.92 Å². The van der Waals surface area contributed by atoms with Crippen molar-refractivity contribution < 1.29 is 4.52 Å². The van der Waals surface area contributed by atoms with Crippen molar-refractivity contribution in [3.8, 4) is 0 Å². The molecule has 2 aliphatic heterocycles. The normalized spacial score (nSPS) is 28.9. The molecule has 2 fully saturated rings. The van der Waals surface area contributed by atoms with Gasteiger partial charge in [0.05, 0.1) is 6.04 Å². The second kappa shape index (κ2) is 6.01. The molecule has 0 bridgehead atoms. The minimum Gasteiger partial charge on any atom is -0.338 e. The lowest BCUT2D eigenvalue weighted by Gasteiger charge is -2.31. The van der Waals surface area contributed by atoms with E-state index in [0.29, 0.717) is 12.0 Å². The highest BCUT2D eigenvalue weighted by Gasteiger charge is 2.24. The van der Waals surface area contributed by atoms with Crippen molar-refractivity contribution in [1.82, 2.24) is 20.4 Å². The van der Waals surface area contributed by atoms with Crippen LogP contribution >= 0.6 is 0 Å². The number of piperidine rings is 1. The number of hydrogen-bond donors (Lipinski definition) is 1. The largest absolute Gasteiger partial charge is 0.338 e. The summed E-state index contributed by atoms with van der Waals surface area (Å²) in [5.41, 5.74) is 0. The number of rotatable bonds is 4. The predicted molar refractivity (Wildman–Crippen MR) is 72.8 cm³/mol. The molecule has 3 heterocycles. The van der Waals surface area contributed by atoms with Gasteiger partial charge in [-0.3, -0.25) is 0 Å². The van der Waals surface area contributed by atoms with Crippen LogP contribution in [0.3, 0.4) is 0 Å². The van der Waals surface area contributed by atoms with Gasteiger partial charge in [-0.05, 0) is 51.2 Å². The zero-order valence-corrected chi connectivity index (χ0v) is 11.8. The average Bonchev–Trinajstić information content (AvgIpc) is 3.09. The zero-order chi connectivity index (χ0) is 13.1. The summed E-state index contributed by atoms with van der Waals surface area (Å²) in [5.74, 6) is 2.37. The fourth-order valence-electron chi connectivity index (χ4n) is 3.25. The van der Waals surface area contributed by atoms with Crippen LogP contribution in [0.4, 0.5) is 0 Å². The van der Waals surface area contributed by atoms with E-state index in [2.05, 4.69) is 27.3 Å². The van der Waals surface area contributed by atoms with Crippen LogP contribution in [0.2, 0.25) is 0 Å². The third-order valence-corrected chi connectivity index (χ3v) is 4.36. The van der Waals surface area contributed by atoms with Gasteiger partial charge in [0, 0.05) is 13.0 Å². The van der Waals surface area contributed by atoms with Crippen LogP contribution in [0.1, 0.15) is 50.4 Å². The first kappa shape index (κ1) is 13.1. The third kappa shape index (κ3) is 3.15. The third-order valence-electron chi connectivity index (χ3n) is 4.36. The Morgan fingerprint density at radius 2 is 2.32 bits per heavy atom. The van der Waals surface area contributed by atoms with Crippen LogP contribution in [-0.2, 0) is 6.42 Å². The molecule has 2 unspecified atom stereocenters. The molecule has 0 radical (unpaired) electrons. The van der Waals surface area contributed by atoms with Gasteiger partial charge in [-0.1, -0.05) is 12.1 Å². The summed E-state index contributed by atoms with van der Waals surface area (Å²) < 4.78 is 5.41. The van der Waals surface area contributed by atoms with Crippen LogP contribution in [-0.4, -0.2) is 41.2 Å². The van der Waals surface area contributed by atoms with Gasteiger partial charge in [-0.2, -0.15) is 4.98 Å². The molecule has 0 aromatic carbocycles. The summed E-state index contributed by atoms with van der Waals surface area (Å²) in [6, 6.07) is 0.291. The minimum absolute atomic E-state index is 0.291. The van der Waals surface area contributed by atoms with Gasteiger partial charge >= 0.3 is 0 Å². The van der Waals surface area contributed by atoms with Crippen molar-refractivity contribution in [2.45, 2.75) is 45.1 Å². The quantitative estimate of drug-likeness (QED) is 0.898. The Hall–Kier alpha value is -0.940. The van der Waals surface area contributed by atoms with E-state index in [-0.39, 0.29) is 0 Å². The fourth-order valence-corrected chi connectivity index (χ4v) is 3.25. The summed E-state index contributed by atoms with van der Waals surface area (Å²) >= 11 is 0. The summed E-state index contributed by atoms with van der Waals surface area (Å²) in [6.07, 6.45) is 5.88. The Kier molecular flexibility index (Phi) is 4.13. The van der Waals surface area contributed by atoms with Crippen LogP contribution in [0.25, 0.3) is 0 Å². The summed E-state index contributed by atoms with van der Waals surface area (Å²) in [4.78, 5) is 7.10. The fraction of sp³-hybridized carbons (Fsp3) is 0.857. The molecule has 0 spiro atoms. The van der Waals surface area contributed by atoms with Crippen LogP contribution < -0.4 is 5.32 Å². The highest BCUT2D eigenvalue weighted by Crippen LogP contribution is 2.23. The Balaban J connectivity index is 1.57. The summed E-state index contributed by atoms with van der Waals surface area (Å²) in [6.45, 7) is 6.88. The molecule has 5 nitrogen and oxygen atoms in total. The van der Waals surface area contributed by atoms with Gasteiger partial charge in [-0.15, -0.1) is 0 Å². The Labute approximate surface area is 114 Å². The number of hydrogen-bond acceptors (Lipinski definition) is 5. The Morgan fingerprint density at radius 1 is 1.37 bits per heavy atom. The molecule has 5 heteroatoms. The first-order valence-electron chi connectivity index (χ1n) is 7.63. The van der Waals surface area contributed by atoms with Crippen molar-refractivity contribution in [3.63, 3.8) is 0 Å². The number of nitrogens with one attached hydrogen (secondary N) is 1. The molecular weight excluding hydrogens is 240 g/mol. The summed E-state index contributed by atoms with van der Waals surface area (Å²) in [7, 11) is 0. The molecule has 1 aromatic rings. The first-order valence-corrected chi connectivity index (χ1v) is 7.63. The zero-order valence-electron chi connectivity index (χ0n) is 11.8. The highest BCUT2D eigenvalue weighted by molar-refractivity contribution is 4.96. The van der Waals surface area contributed by atoms with E-state index in [0.717, 1.165) is 37.6 Å². The molecular formula is C14H24N4O. The van der Waals surface area contributed by atoms with E-state index in [1.165, 1.54) is 32.4 Å². The lowest BCUT2D eigenvalue weighted by molar-refractivity contribution is 0.180. The lowest BCUT2D eigenvalue weighted by Crippen LogP contribution is -2.36. The molecule has 2 aliphatic rings.